The summed E-state index contributed by atoms with van der Waals surface area (Å²) in [7, 11) is -4.57. The molecular weight excluding hydrogens is 439 g/mol. The summed E-state index contributed by atoms with van der Waals surface area (Å²) in [6.45, 7) is 1.49. The van der Waals surface area contributed by atoms with Crippen molar-refractivity contribution >= 4 is 27.7 Å². The predicted octanol–water partition coefficient (Wildman–Crippen LogP) is 2.97. The Hall–Kier alpha value is -3.24. The van der Waals surface area contributed by atoms with Crippen molar-refractivity contribution in [3.63, 3.8) is 0 Å². The summed E-state index contributed by atoms with van der Waals surface area (Å²) in [5.74, 6) is -2.49. The number of benzene rings is 2. The standard InChI is InChI=1S/C19H14ClFN2O6S/c1-2-28-19(25)18-16(29-30(26,27)13-7-5-6-12(21)10-13)11-17(24)23(22-18)15-9-4-3-8-14(15)20/h3-11H,2H2,1H3. The van der Waals surface area contributed by atoms with Crippen molar-refractivity contribution in [2.45, 2.75) is 11.8 Å². The molecule has 0 amide bonds. The zero-order valence-corrected chi connectivity index (χ0v) is 17.0. The molecule has 3 rings (SSSR count). The molecule has 0 saturated heterocycles. The monoisotopic (exact) mass is 452 g/mol. The van der Waals surface area contributed by atoms with Crippen LogP contribution in [-0.4, -0.2) is 30.8 Å². The van der Waals surface area contributed by atoms with Gasteiger partial charge in [0, 0.05) is 0 Å². The van der Waals surface area contributed by atoms with Crippen molar-refractivity contribution in [1.82, 2.24) is 9.78 Å². The number of halogens is 2. The average molecular weight is 453 g/mol. The summed E-state index contributed by atoms with van der Waals surface area (Å²) in [6, 6.07) is 11.0. The van der Waals surface area contributed by atoms with Gasteiger partial charge in [-0.3, -0.25) is 4.79 Å². The van der Waals surface area contributed by atoms with Crippen LogP contribution < -0.4 is 9.74 Å². The van der Waals surface area contributed by atoms with Crippen LogP contribution in [0.15, 0.2) is 64.3 Å². The van der Waals surface area contributed by atoms with Crippen LogP contribution in [0, 0.1) is 5.82 Å². The van der Waals surface area contributed by atoms with Crippen LogP contribution in [0.3, 0.4) is 0 Å². The van der Waals surface area contributed by atoms with E-state index in [-0.39, 0.29) is 17.3 Å². The van der Waals surface area contributed by atoms with Crippen LogP contribution in [0.25, 0.3) is 5.69 Å². The average Bonchev–Trinajstić information content (AvgIpc) is 2.69. The van der Waals surface area contributed by atoms with Crippen molar-refractivity contribution < 1.29 is 26.5 Å². The Bertz CT molecular complexity index is 1280. The maximum Gasteiger partial charge on any atom is 0.362 e. The molecule has 8 nitrogen and oxygen atoms in total. The van der Waals surface area contributed by atoms with Crippen molar-refractivity contribution in [3.05, 3.63) is 81.5 Å². The molecule has 11 heteroatoms. The van der Waals surface area contributed by atoms with Crippen LogP contribution in [0.4, 0.5) is 4.39 Å². The Morgan fingerprint density at radius 1 is 1.17 bits per heavy atom. The van der Waals surface area contributed by atoms with E-state index in [4.69, 9.17) is 20.5 Å². The number of rotatable bonds is 6. The van der Waals surface area contributed by atoms with Crippen LogP contribution in [-0.2, 0) is 14.9 Å². The van der Waals surface area contributed by atoms with Gasteiger partial charge in [0.25, 0.3) is 5.56 Å². The van der Waals surface area contributed by atoms with Gasteiger partial charge in [-0.2, -0.15) is 18.2 Å². The van der Waals surface area contributed by atoms with Crippen LogP contribution in [0.5, 0.6) is 5.75 Å². The highest BCUT2D eigenvalue weighted by atomic mass is 35.5. The summed E-state index contributed by atoms with van der Waals surface area (Å²) < 4.78 is 49.1. The zero-order chi connectivity index (χ0) is 21.9. The van der Waals surface area contributed by atoms with Crippen LogP contribution >= 0.6 is 11.6 Å². The molecule has 0 aliphatic heterocycles. The van der Waals surface area contributed by atoms with Gasteiger partial charge in [-0.1, -0.05) is 29.8 Å². The number of para-hydroxylation sites is 1. The molecule has 1 heterocycles. The van der Waals surface area contributed by atoms with Crippen molar-refractivity contribution in [3.8, 4) is 11.4 Å². The van der Waals surface area contributed by atoms with E-state index in [0.717, 1.165) is 28.9 Å². The molecule has 1 aromatic heterocycles. The van der Waals surface area contributed by atoms with Gasteiger partial charge in [-0.25, -0.2) is 9.18 Å². The number of aromatic nitrogens is 2. The first-order valence-electron chi connectivity index (χ1n) is 8.49. The second-order valence-electron chi connectivity index (χ2n) is 5.77. The largest absolute Gasteiger partial charge is 0.461 e. The van der Waals surface area contributed by atoms with Gasteiger partial charge in [-0.05, 0) is 37.3 Å². The number of carbonyl (C=O) groups excluding carboxylic acids is 1. The van der Waals surface area contributed by atoms with E-state index in [1.54, 1.807) is 12.1 Å². The molecule has 0 fully saturated rings. The van der Waals surface area contributed by atoms with E-state index < -0.39 is 43.8 Å². The highest BCUT2D eigenvalue weighted by Gasteiger charge is 2.26. The second kappa shape index (κ2) is 8.64. The van der Waals surface area contributed by atoms with E-state index in [9.17, 15) is 22.4 Å². The molecule has 0 aliphatic carbocycles. The predicted molar refractivity (Wildman–Crippen MR) is 105 cm³/mol. The third kappa shape index (κ3) is 4.50. The third-order valence-corrected chi connectivity index (χ3v) is 5.28. The molecule has 0 aliphatic rings. The lowest BCUT2D eigenvalue weighted by Crippen LogP contribution is -2.26. The fraction of sp³-hybridized carbons (Fsp3) is 0.105. The molecule has 0 radical (unpaired) electrons. The minimum absolute atomic E-state index is 0.0399. The molecule has 0 unspecified atom stereocenters. The first-order chi connectivity index (χ1) is 14.2. The smallest absolute Gasteiger partial charge is 0.362 e. The van der Waals surface area contributed by atoms with Crippen molar-refractivity contribution in [1.29, 1.82) is 0 Å². The zero-order valence-electron chi connectivity index (χ0n) is 15.4. The molecule has 0 atom stereocenters. The lowest BCUT2D eigenvalue weighted by molar-refractivity contribution is 0.0515. The Labute approximate surface area is 175 Å². The van der Waals surface area contributed by atoms with Crippen molar-refractivity contribution in [2.75, 3.05) is 6.61 Å². The third-order valence-electron chi connectivity index (χ3n) is 3.73. The SMILES string of the molecule is CCOC(=O)c1nn(-c2ccccc2Cl)c(=O)cc1OS(=O)(=O)c1cccc(F)c1. The second-order valence-corrected chi connectivity index (χ2v) is 7.73. The maximum atomic E-state index is 13.4. The van der Waals surface area contributed by atoms with Crippen LogP contribution in [0.2, 0.25) is 5.02 Å². The Kier molecular flexibility index (Phi) is 6.18. The molecule has 3 aromatic rings. The fourth-order valence-corrected chi connectivity index (χ4v) is 3.61. The van der Waals surface area contributed by atoms with Crippen LogP contribution in [0.1, 0.15) is 17.4 Å². The number of nitrogens with zero attached hydrogens (tertiary/aromatic N) is 2. The molecule has 0 N–H and O–H groups in total. The number of carbonyl (C=O) groups is 1. The molecule has 0 bridgehead atoms. The minimum Gasteiger partial charge on any atom is -0.461 e. The number of hydrogen-bond acceptors (Lipinski definition) is 7. The van der Waals surface area contributed by atoms with E-state index in [2.05, 4.69) is 5.10 Å². The molecule has 2 aromatic carbocycles. The molecule has 0 spiro atoms. The van der Waals surface area contributed by atoms with Gasteiger partial charge in [-0.15, -0.1) is 0 Å². The first-order valence-corrected chi connectivity index (χ1v) is 10.3. The highest BCUT2D eigenvalue weighted by molar-refractivity contribution is 7.87. The topological polar surface area (TPSA) is 105 Å². The fourth-order valence-electron chi connectivity index (χ4n) is 2.43. The molecule has 30 heavy (non-hydrogen) atoms. The summed E-state index contributed by atoms with van der Waals surface area (Å²) in [4.78, 5) is 24.4. The maximum absolute atomic E-state index is 13.4. The van der Waals surface area contributed by atoms with Crippen molar-refractivity contribution in [2.24, 2.45) is 0 Å². The van der Waals surface area contributed by atoms with Gasteiger partial charge in [0.05, 0.1) is 23.4 Å². The number of ether oxygens (including phenoxy) is 1. The van der Waals surface area contributed by atoms with Gasteiger partial charge in [0.1, 0.15) is 10.7 Å². The minimum atomic E-state index is -4.57. The number of esters is 1. The molecule has 156 valence electrons. The number of hydrogen-bond donors (Lipinski definition) is 0. The van der Waals surface area contributed by atoms with E-state index >= 15 is 0 Å². The van der Waals surface area contributed by atoms with Gasteiger partial charge in [0.2, 0.25) is 5.69 Å². The summed E-state index contributed by atoms with van der Waals surface area (Å²) in [6.07, 6.45) is 0. The lowest BCUT2D eigenvalue weighted by atomic mass is 10.3. The van der Waals surface area contributed by atoms with E-state index in [1.807, 2.05) is 0 Å². The highest BCUT2D eigenvalue weighted by Crippen LogP contribution is 2.24. The molecule has 0 saturated carbocycles. The summed E-state index contributed by atoms with van der Waals surface area (Å²) in [5.41, 5.74) is -1.23. The Morgan fingerprint density at radius 3 is 2.57 bits per heavy atom. The Morgan fingerprint density at radius 2 is 1.90 bits per heavy atom. The summed E-state index contributed by atoms with van der Waals surface area (Å²) >= 11 is 6.09. The van der Waals surface area contributed by atoms with Gasteiger partial charge in [0.15, 0.2) is 5.75 Å². The summed E-state index contributed by atoms with van der Waals surface area (Å²) in [5, 5.41) is 4.07. The Balaban J connectivity index is 2.14. The first kappa shape index (κ1) is 21.5. The van der Waals surface area contributed by atoms with Gasteiger partial charge >= 0.3 is 16.1 Å². The van der Waals surface area contributed by atoms with E-state index in [1.165, 1.54) is 25.1 Å². The van der Waals surface area contributed by atoms with Gasteiger partial charge < -0.3 is 8.92 Å². The normalized spacial score (nSPS) is 11.2. The van der Waals surface area contributed by atoms with E-state index in [0.29, 0.717) is 0 Å². The molecular formula is C19H14ClFN2O6S. The quantitative estimate of drug-likeness (QED) is 0.418. The lowest BCUT2D eigenvalue weighted by Gasteiger charge is -2.13.